The second kappa shape index (κ2) is 7.20. The molecule has 24 heavy (non-hydrogen) atoms. The van der Waals surface area contributed by atoms with E-state index in [1.54, 1.807) is 0 Å². The quantitative estimate of drug-likeness (QED) is 0.792. The molecule has 2 aromatic rings. The Balaban J connectivity index is 1.80. The minimum atomic E-state index is 0.518. The molecule has 0 spiro atoms. The van der Waals surface area contributed by atoms with E-state index in [4.69, 9.17) is 10.2 Å². The van der Waals surface area contributed by atoms with E-state index >= 15 is 0 Å². The molecular formula is C20H28N4. The van der Waals surface area contributed by atoms with Gasteiger partial charge in [-0.3, -0.25) is 9.69 Å². The minimum absolute atomic E-state index is 0.518. The minimum Gasteiger partial charge on any atom is -0.292 e. The molecule has 3 rings (SSSR count). The standard InChI is InChI=1S/C20H28N4/c1-15-9-8-10-16(2)24(15)21-13-20-17(3)22-23(18(20)4)14-19-11-6-5-7-12-19/h5-7,11-13,15-16H,8-10,14H2,1-4H3/t15-,16-/m0/s1. The van der Waals surface area contributed by atoms with Gasteiger partial charge in [-0.15, -0.1) is 0 Å². The van der Waals surface area contributed by atoms with Crippen molar-refractivity contribution in [2.24, 2.45) is 5.10 Å². The Morgan fingerprint density at radius 1 is 1.12 bits per heavy atom. The molecular weight excluding hydrogens is 296 g/mol. The van der Waals surface area contributed by atoms with E-state index < -0.39 is 0 Å². The molecule has 1 aliphatic heterocycles. The van der Waals surface area contributed by atoms with Gasteiger partial charge in [-0.05, 0) is 52.5 Å². The predicted molar refractivity (Wildman–Crippen MR) is 99.5 cm³/mol. The third-order valence-corrected chi connectivity index (χ3v) is 5.08. The van der Waals surface area contributed by atoms with Crippen LogP contribution in [0.5, 0.6) is 0 Å². The number of hydrogen-bond acceptors (Lipinski definition) is 3. The molecule has 1 fully saturated rings. The summed E-state index contributed by atoms with van der Waals surface area (Å²) in [5.41, 5.74) is 4.64. The number of piperidine rings is 1. The van der Waals surface area contributed by atoms with Crippen LogP contribution in [0.4, 0.5) is 0 Å². The number of hydrogen-bond donors (Lipinski definition) is 0. The Morgan fingerprint density at radius 3 is 2.46 bits per heavy atom. The zero-order valence-electron chi connectivity index (χ0n) is 15.2. The van der Waals surface area contributed by atoms with Gasteiger partial charge in [-0.2, -0.15) is 10.2 Å². The highest BCUT2D eigenvalue weighted by molar-refractivity contribution is 5.82. The van der Waals surface area contributed by atoms with Gasteiger partial charge < -0.3 is 0 Å². The Labute approximate surface area is 145 Å². The summed E-state index contributed by atoms with van der Waals surface area (Å²) in [5.74, 6) is 0. The fraction of sp³-hybridized carbons (Fsp3) is 0.500. The molecule has 1 saturated heterocycles. The third-order valence-electron chi connectivity index (χ3n) is 5.08. The lowest BCUT2D eigenvalue weighted by molar-refractivity contribution is 0.109. The van der Waals surface area contributed by atoms with Crippen molar-refractivity contribution < 1.29 is 0 Å². The van der Waals surface area contributed by atoms with E-state index in [1.807, 2.05) is 12.3 Å². The van der Waals surface area contributed by atoms with Crippen molar-refractivity contribution in [2.45, 2.75) is 65.6 Å². The van der Waals surface area contributed by atoms with Gasteiger partial charge in [0.25, 0.3) is 0 Å². The molecule has 0 N–H and O–H groups in total. The molecule has 0 aliphatic carbocycles. The van der Waals surface area contributed by atoms with Crippen molar-refractivity contribution in [2.75, 3.05) is 0 Å². The molecule has 128 valence electrons. The van der Waals surface area contributed by atoms with Crippen LogP contribution in [0, 0.1) is 13.8 Å². The highest BCUT2D eigenvalue weighted by Gasteiger charge is 2.23. The number of benzene rings is 1. The number of aryl methyl sites for hydroxylation is 1. The van der Waals surface area contributed by atoms with E-state index in [0.29, 0.717) is 12.1 Å². The van der Waals surface area contributed by atoms with E-state index in [2.05, 4.69) is 61.7 Å². The maximum Gasteiger partial charge on any atom is 0.0685 e. The van der Waals surface area contributed by atoms with Crippen LogP contribution in [-0.2, 0) is 6.54 Å². The average Bonchev–Trinajstić information content (AvgIpc) is 2.82. The molecule has 1 aromatic heterocycles. The van der Waals surface area contributed by atoms with Gasteiger partial charge in [0.2, 0.25) is 0 Å². The van der Waals surface area contributed by atoms with Crippen LogP contribution in [0.1, 0.15) is 55.6 Å². The van der Waals surface area contributed by atoms with Crippen molar-refractivity contribution in [1.82, 2.24) is 14.8 Å². The summed E-state index contributed by atoms with van der Waals surface area (Å²) in [4.78, 5) is 0. The van der Waals surface area contributed by atoms with Crippen LogP contribution in [0.2, 0.25) is 0 Å². The van der Waals surface area contributed by atoms with Crippen molar-refractivity contribution >= 4 is 6.21 Å². The van der Waals surface area contributed by atoms with Gasteiger partial charge in [0.1, 0.15) is 0 Å². The van der Waals surface area contributed by atoms with Gasteiger partial charge in [0.05, 0.1) is 18.5 Å². The van der Waals surface area contributed by atoms with Crippen LogP contribution in [0.15, 0.2) is 35.4 Å². The summed E-state index contributed by atoms with van der Waals surface area (Å²) in [6.07, 6.45) is 5.78. The van der Waals surface area contributed by atoms with Crippen LogP contribution >= 0.6 is 0 Å². The van der Waals surface area contributed by atoms with E-state index in [9.17, 15) is 0 Å². The third kappa shape index (κ3) is 3.53. The predicted octanol–water partition coefficient (Wildman–Crippen LogP) is 4.15. The Morgan fingerprint density at radius 2 is 1.79 bits per heavy atom. The number of nitrogens with zero attached hydrogens (tertiary/aromatic N) is 4. The highest BCUT2D eigenvalue weighted by atomic mass is 15.5. The SMILES string of the molecule is Cc1nn(Cc2ccccc2)c(C)c1C=NN1[C@@H](C)CCC[C@@H]1C. The fourth-order valence-electron chi connectivity index (χ4n) is 3.57. The molecule has 2 atom stereocenters. The zero-order chi connectivity index (χ0) is 17.1. The summed E-state index contributed by atoms with van der Waals surface area (Å²) < 4.78 is 2.08. The first-order valence-electron chi connectivity index (χ1n) is 8.96. The Kier molecular flexibility index (Phi) is 5.03. The zero-order valence-corrected chi connectivity index (χ0v) is 15.2. The largest absolute Gasteiger partial charge is 0.292 e. The lowest BCUT2D eigenvalue weighted by Crippen LogP contribution is -2.39. The van der Waals surface area contributed by atoms with Crippen molar-refractivity contribution in [1.29, 1.82) is 0 Å². The van der Waals surface area contributed by atoms with Gasteiger partial charge in [0.15, 0.2) is 0 Å². The smallest absolute Gasteiger partial charge is 0.0685 e. The summed E-state index contributed by atoms with van der Waals surface area (Å²) >= 11 is 0. The summed E-state index contributed by atoms with van der Waals surface area (Å²) in [7, 11) is 0. The van der Waals surface area contributed by atoms with Crippen LogP contribution in [0.25, 0.3) is 0 Å². The molecule has 0 saturated carbocycles. The summed E-state index contributed by atoms with van der Waals surface area (Å²) in [6, 6.07) is 11.5. The van der Waals surface area contributed by atoms with E-state index in [1.165, 1.54) is 30.5 Å². The van der Waals surface area contributed by atoms with Crippen molar-refractivity contribution in [3.63, 3.8) is 0 Å². The topological polar surface area (TPSA) is 33.4 Å². The summed E-state index contributed by atoms with van der Waals surface area (Å²) in [6.45, 7) is 9.54. The van der Waals surface area contributed by atoms with Gasteiger partial charge in [0, 0.05) is 23.3 Å². The molecule has 2 heterocycles. The number of aromatic nitrogens is 2. The monoisotopic (exact) mass is 324 g/mol. The van der Waals surface area contributed by atoms with E-state index in [-0.39, 0.29) is 0 Å². The maximum absolute atomic E-state index is 4.81. The maximum atomic E-state index is 4.81. The molecule has 1 aromatic carbocycles. The summed E-state index contributed by atoms with van der Waals surface area (Å²) in [5, 5.41) is 11.8. The lowest BCUT2D eigenvalue weighted by Gasteiger charge is -2.36. The highest BCUT2D eigenvalue weighted by Crippen LogP contribution is 2.23. The van der Waals surface area contributed by atoms with Crippen LogP contribution in [0.3, 0.4) is 0 Å². The lowest BCUT2D eigenvalue weighted by atomic mass is 10.00. The molecule has 0 amide bonds. The first-order valence-corrected chi connectivity index (χ1v) is 8.96. The molecule has 4 heteroatoms. The first kappa shape index (κ1) is 16.7. The number of hydrazone groups is 1. The first-order chi connectivity index (χ1) is 11.6. The molecule has 0 bridgehead atoms. The molecule has 4 nitrogen and oxygen atoms in total. The second-order valence-electron chi connectivity index (χ2n) is 6.98. The van der Waals surface area contributed by atoms with Gasteiger partial charge >= 0.3 is 0 Å². The van der Waals surface area contributed by atoms with Gasteiger partial charge in [-0.1, -0.05) is 30.3 Å². The van der Waals surface area contributed by atoms with Crippen LogP contribution < -0.4 is 0 Å². The Hall–Kier alpha value is -2.10. The van der Waals surface area contributed by atoms with Gasteiger partial charge in [-0.25, -0.2) is 0 Å². The molecule has 0 radical (unpaired) electrons. The van der Waals surface area contributed by atoms with E-state index in [0.717, 1.165) is 17.8 Å². The second-order valence-corrected chi connectivity index (χ2v) is 6.98. The average molecular weight is 324 g/mol. The fourth-order valence-corrected chi connectivity index (χ4v) is 3.57. The van der Waals surface area contributed by atoms with Crippen LogP contribution in [-0.4, -0.2) is 33.1 Å². The Bertz CT molecular complexity index is 692. The van der Waals surface area contributed by atoms with Crippen molar-refractivity contribution in [3.05, 3.63) is 52.8 Å². The molecule has 1 aliphatic rings. The normalized spacial score (nSPS) is 21.6. The molecule has 0 unspecified atom stereocenters. The number of rotatable bonds is 4. The van der Waals surface area contributed by atoms with Crippen molar-refractivity contribution in [3.8, 4) is 0 Å².